The molecule has 8 nitrogen and oxygen atoms in total. The SMILES string of the molecule is O=C(CCO/N=C1/C(c2c(O)[nH]c3ccccc23)=Nc2ccccc21)N1CCNCC1. The van der Waals surface area contributed by atoms with Gasteiger partial charge in [-0.15, -0.1) is 0 Å². The molecule has 0 unspecified atom stereocenters. The number of nitrogens with one attached hydrogen (secondary N) is 2. The molecule has 0 aliphatic carbocycles. The number of rotatable bonds is 5. The second kappa shape index (κ2) is 8.23. The van der Waals surface area contributed by atoms with Crippen molar-refractivity contribution in [2.24, 2.45) is 10.1 Å². The van der Waals surface area contributed by atoms with Gasteiger partial charge in [0, 0.05) is 42.6 Å². The van der Waals surface area contributed by atoms with Crippen LogP contribution in [-0.4, -0.2) is 65.1 Å². The number of H-pyrrole nitrogens is 1. The van der Waals surface area contributed by atoms with Crippen molar-refractivity contribution < 1.29 is 14.7 Å². The maximum absolute atomic E-state index is 12.3. The Hall–Kier alpha value is -3.65. The number of piperazine rings is 1. The number of nitrogens with zero attached hydrogens (tertiary/aromatic N) is 3. The van der Waals surface area contributed by atoms with Gasteiger partial charge < -0.3 is 25.1 Å². The number of carbonyl (C=O) groups is 1. The van der Waals surface area contributed by atoms with Crippen LogP contribution in [0.5, 0.6) is 5.88 Å². The van der Waals surface area contributed by atoms with E-state index in [0.29, 0.717) is 17.0 Å². The number of hydrogen-bond donors (Lipinski definition) is 3. The van der Waals surface area contributed by atoms with E-state index in [1.807, 2.05) is 53.4 Å². The number of para-hydroxylation sites is 2. The molecular weight excluding hydrogens is 394 g/mol. The lowest BCUT2D eigenvalue weighted by Crippen LogP contribution is -2.46. The molecule has 1 fully saturated rings. The van der Waals surface area contributed by atoms with Crippen LogP contribution in [0.1, 0.15) is 17.5 Å². The Labute approximate surface area is 179 Å². The van der Waals surface area contributed by atoms with Crippen molar-refractivity contribution in [1.29, 1.82) is 0 Å². The molecule has 8 heteroatoms. The lowest BCUT2D eigenvalue weighted by atomic mass is 10.0. The van der Waals surface area contributed by atoms with Gasteiger partial charge in [-0.2, -0.15) is 0 Å². The van der Waals surface area contributed by atoms with E-state index in [4.69, 9.17) is 9.83 Å². The smallest absolute Gasteiger partial charge is 0.226 e. The van der Waals surface area contributed by atoms with E-state index in [-0.39, 0.29) is 24.8 Å². The molecule has 158 valence electrons. The number of aromatic hydroxyl groups is 1. The zero-order valence-corrected chi connectivity index (χ0v) is 17.0. The largest absolute Gasteiger partial charge is 0.494 e. The number of aliphatic imine (C=N–C) groups is 1. The number of oxime groups is 1. The van der Waals surface area contributed by atoms with Crippen LogP contribution >= 0.6 is 0 Å². The quantitative estimate of drug-likeness (QED) is 0.439. The Kier molecular flexibility index (Phi) is 5.13. The molecule has 1 saturated heterocycles. The third-order valence-electron chi connectivity index (χ3n) is 5.57. The van der Waals surface area contributed by atoms with Gasteiger partial charge in [0.2, 0.25) is 5.91 Å². The summed E-state index contributed by atoms with van der Waals surface area (Å²) in [6.45, 7) is 3.26. The number of carbonyl (C=O) groups excluding carboxylic acids is 1. The number of fused-ring (bicyclic) bond motifs is 2. The Morgan fingerprint density at radius 2 is 1.90 bits per heavy atom. The molecule has 2 aliphatic heterocycles. The third-order valence-corrected chi connectivity index (χ3v) is 5.57. The molecule has 3 N–H and O–H groups in total. The number of aromatic amines is 1. The Morgan fingerprint density at radius 1 is 1.13 bits per heavy atom. The van der Waals surface area contributed by atoms with Crippen LogP contribution in [-0.2, 0) is 9.63 Å². The van der Waals surface area contributed by atoms with Crippen LogP contribution in [0.3, 0.4) is 0 Å². The van der Waals surface area contributed by atoms with Crippen molar-refractivity contribution in [3.05, 3.63) is 59.7 Å². The van der Waals surface area contributed by atoms with Gasteiger partial charge >= 0.3 is 0 Å². The minimum Gasteiger partial charge on any atom is -0.494 e. The highest BCUT2D eigenvalue weighted by Crippen LogP contribution is 2.35. The van der Waals surface area contributed by atoms with E-state index in [2.05, 4.69) is 15.5 Å². The zero-order valence-electron chi connectivity index (χ0n) is 17.0. The lowest BCUT2D eigenvalue weighted by molar-refractivity contribution is -0.132. The van der Waals surface area contributed by atoms with Crippen molar-refractivity contribution in [3.8, 4) is 5.88 Å². The predicted molar refractivity (Wildman–Crippen MR) is 119 cm³/mol. The summed E-state index contributed by atoms with van der Waals surface area (Å²) < 4.78 is 0. The van der Waals surface area contributed by atoms with Crippen LogP contribution in [0, 0.1) is 0 Å². The van der Waals surface area contributed by atoms with Crippen molar-refractivity contribution in [1.82, 2.24) is 15.2 Å². The summed E-state index contributed by atoms with van der Waals surface area (Å²) in [6, 6.07) is 15.3. The zero-order chi connectivity index (χ0) is 21.2. The summed E-state index contributed by atoms with van der Waals surface area (Å²) in [4.78, 5) is 27.5. The first kappa shape index (κ1) is 19.3. The highest BCUT2D eigenvalue weighted by molar-refractivity contribution is 6.58. The van der Waals surface area contributed by atoms with E-state index in [1.165, 1.54) is 0 Å². The topological polar surface area (TPSA) is 102 Å². The average Bonchev–Trinajstić information content (AvgIpc) is 3.33. The first-order chi connectivity index (χ1) is 15.2. The van der Waals surface area contributed by atoms with Gasteiger partial charge in [0.25, 0.3) is 0 Å². The van der Waals surface area contributed by atoms with Crippen LogP contribution in [0.4, 0.5) is 5.69 Å². The number of hydrogen-bond acceptors (Lipinski definition) is 6. The van der Waals surface area contributed by atoms with Crippen LogP contribution in [0.15, 0.2) is 58.7 Å². The Balaban J connectivity index is 1.39. The van der Waals surface area contributed by atoms with Gasteiger partial charge in [-0.1, -0.05) is 41.6 Å². The minimum absolute atomic E-state index is 0.0364. The standard InChI is InChI=1S/C23H23N5O3/c29-19(28-12-10-24-11-13-28)9-14-31-27-21-16-6-2-4-8-18(16)25-22(21)20-15-5-1-3-7-17(15)26-23(20)30/h1-8,24,26,30H,9-14H2/b27-21+. The van der Waals surface area contributed by atoms with Crippen LogP contribution in [0.25, 0.3) is 10.9 Å². The maximum atomic E-state index is 12.3. The fourth-order valence-electron chi connectivity index (χ4n) is 4.02. The highest BCUT2D eigenvalue weighted by atomic mass is 16.6. The van der Waals surface area contributed by atoms with E-state index < -0.39 is 0 Å². The Bertz CT molecular complexity index is 1190. The fraction of sp³-hybridized carbons (Fsp3) is 0.261. The number of benzene rings is 2. The van der Waals surface area contributed by atoms with Gasteiger partial charge in [0.05, 0.1) is 17.7 Å². The molecule has 31 heavy (non-hydrogen) atoms. The van der Waals surface area contributed by atoms with Crippen molar-refractivity contribution in [2.45, 2.75) is 6.42 Å². The molecule has 1 aromatic heterocycles. The highest BCUT2D eigenvalue weighted by Gasteiger charge is 2.29. The van der Waals surface area contributed by atoms with E-state index in [9.17, 15) is 9.90 Å². The van der Waals surface area contributed by atoms with Crippen molar-refractivity contribution >= 4 is 33.9 Å². The predicted octanol–water partition coefficient (Wildman–Crippen LogP) is 2.55. The molecule has 0 radical (unpaired) electrons. The minimum atomic E-state index is 0.0364. The maximum Gasteiger partial charge on any atom is 0.226 e. The second-order valence-electron chi connectivity index (χ2n) is 7.53. The van der Waals surface area contributed by atoms with Gasteiger partial charge in [0.15, 0.2) is 5.88 Å². The summed E-state index contributed by atoms with van der Waals surface area (Å²) >= 11 is 0. The van der Waals surface area contributed by atoms with E-state index in [1.54, 1.807) is 0 Å². The summed E-state index contributed by atoms with van der Waals surface area (Å²) in [5, 5.41) is 19.0. The van der Waals surface area contributed by atoms with Gasteiger partial charge in [0.1, 0.15) is 18.0 Å². The molecule has 0 spiro atoms. The monoisotopic (exact) mass is 417 g/mol. The lowest BCUT2D eigenvalue weighted by Gasteiger charge is -2.27. The molecule has 5 rings (SSSR count). The molecule has 1 amide bonds. The molecule has 0 bridgehead atoms. The first-order valence-electron chi connectivity index (χ1n) is 10.4. The van der Waals surface area contributed by atoms with Crippen LogP contribution < -0.4 is 5.32 Å². The summed E-state index contributed by atoms with van der Waals surface area (Å²) in [5.74, 6) is 0.103. The second-order valence-corrected chi connectivity index (χ2v) is 7.53. The fourth-order valence-corrected chi connectivity index (χ4v) is 4.02. The molecular formula is C23H23N5O3. The summed E-state index contributed by atoms with van der Waals surface area (Å²) in [5.41, 5.74) is 4.09. The van der Waals surface area contributed by atoms with Crippen molar-refractivity contribution in [3.63, 3.8) is 0 Å². The van der Waals surface area contributed by atoms with Crippen molar-refractivity contribution in [2.75, 3.05) is 32.8 Å². The molecule has 2 aliphatic rings. The van der Waals surface area contributed by atoms with Crippen LogP contribution in [0.2, 0.25) is 0 Å². The van der Waals surface area contributed by atoms with Gasteiger partial charge in [-0.25, -0.2) is 4.99 Å². The molecule has 0 saturated carbocycles. The molecule has 3 heterocycles. The van der Waals surface area contributed by atoms with E-state index >= 15 is 0 Å². The van der Waals surface area contributed by atoms with Gasteiger partial charge in [-0.3, -0.25) is 4.79 Å². The first-order valence-corrected chi connectivity index (χ1v) is 10.4. The summed E-state index contributed by atoms with van der Waals surface area (Å²) in [7, 11) is 0. The number of amides is 1. The van der Waals surface area contributed by atoms with E-state index in [0.717, 1.165) is 48.3 Å². The third kappa shape index (κ3) is 3.66. The van der Waals surface area contributed by atoms with Gasteiger partial charge in [-0.05, 0) is 12.1 Å². The molecule has 2 aromatic carbocycles. The average molecular weight is 417 g/mol. The molecule has 0 atom stereocenters. The normalized spacial score (nSPS) is 17.1. The summed E-state index contributed by atoms with van der Waals surface area (Å²) in [6.07, 6.45) is 0.267. The molecule has 3 aromatic rings. The number of aromatic nitrogens is 1. The Morgan fingerprint density at radius 3 is 2.77 bits per heavy atom.